The molecule has 0 aliphatic carbocycles. The van der Waals surface area contributed by atoms with Crippen molar-refractivity contribution in [2.24, 2.45) is 0 Å². The van der Waals surface area contributed by atoms with Gasteiger partial charge in [-0.2, -0.15) is 0 Å². The highest BCUT2D eigenvalue weighted by Crippen LogP contribution is 1.92. The molecule has 2 nitrogen and oxygen atoms in total. The number of unbranched alkanes of at least 4 members (excludes halogenated alkanes) is 2. The van der Waals surface area contributed by atoms with E-state index in [0.717, 1.165) is 13.2 Å². The first-order valence-corrected chi connectivity index (χ1v) is 5.22. The number of rotatable bonds is 7. The summed E-state index contributed by atoms with van der Waals surface area (Å²) in [7, 11) is -0.617. The zero-order valence-electron chi connectivity index (χ0n) is 7.06. The van der Waals surface area contributed by atoms with Crippen LogP contribution in [0.3, 0.4) is 0 Å². The third kappa shape index (κ3) is 8.14. The van der Waals surface area contributed by atoms with Gasteiger partial charge in [0.2, 0.25) is 0 Å². The first-order valence-electron chi connectivity index (χ1n) is 4.07. The van der Waals surface area contributed by atoms with E-state index >= 15 is 0 Å². The average Bonchev–Trinajstić information content (AvgIpc) is 1.97. The molecule has 0 spiro atoms. The summed E-state index contributed by atoms with van der Waals surface area (Å²) in [5, 5.41) is 0. The van der Waals surface area contributed by atoms with E-state index in [-0.39, 0.29) is 0 Å². The van der Waals surface area contributed by atoms with Crippen molar-refractivity contribution in [1.82, 2.24) is 0 Å². The van der Waals surface area contributed by atoms with E-state index in [1.165, 1.54) is 19.3 Å². The fourth-order valence-electron chi connectivity index (χ4n) is 0.655. The van der Waals surface area contributed by atoms with E-state index in [1.54, 1.807) is 0 Å². The Morgan fingerprint density at radius 1 is 1.10 bits per heavy atom. The lowest BCUT2D eigenvalue weighted by Gasteiger charge is -2.01. The molecule has 0 saturated heterocycles. The minimum Gasteiger partial charge on any atom is -0.399 e. The average molecular weight is 162 g/mol. The van der Waals surface area contributed by atoms with Crippen LogP contribution < -0.4 is 0 Å². The monoisotopic (exact) mass is 162 g/mol. The highest BCUT2D eigenvalue weighted by molar-refractivity contribution is 6.17. The van der Waals surface area contributed by atoms with Gasteiger partial charge in [-0.05, 0) is 13.3 Å². The first kappa shape index (κ1) is 10.1. The predicted octanol–water partition coefficient (Wildman–Crippen LogP) is 1.23. The maximum atomic E-state index is 5.29. The Bertz CT molecular complexity index is 51.6. The Hall–Kier alpha value is 0.137. The van der Waals surface area contributed by atoms with E-state index in [1.807, 2.05) is 6.92 Å². The minimum atomic E-state index is -0.617. The molecule has 0 aliphatic heterocycles. The Kier molecular flexibility index (Phi) is 9.26. The lowest BCUT2D eigenvalue weighted by molar-refractivity contribution is 0.226. The zero-order chi connectivity index (χ0) is 7.66. The SMILES string of the molecule is CCCCCO[SiH2]OCC. The standard InChI is InChI=1S/C7H18O2Si/c1-3-5-6-7-9-10-8-4-2/h3-7,10H2,1-2H3. The van der Waals surface area contributed by atoms with Crippen molar-refractivity contribution in [3.63, 3.8) is 0 Å². The molecule has 0 amide bonds. The maximum Gasteiger partial charge on any atom is 0.304 e. The van der Waals surface area contributed by atoms with Crippen LogP contribution in [0.1, 0.15) is 33.1 Å². The predicted molar refractivity (Wildman–Crippen MR) is 45.6 cm³/mol. The molecular weight excluding hydrogens is 144 g/mol. The molecule has 0 unspecified atom stereocenters. The van der Waals surface area contributed by atoms with Crippen molar-refractivity contribution in [1.29, 1.82) is 0 Å². The number of hydrogen-bond donors (Lipinski definition) is 0. The smallest absolute Gasteiger partial charge is 0.304 e. The molecule has 0 N–H and O–H groups in total. The van der Waals surface area contributed by atoms with Crippen molar-refractivity contribution in [2.45, 2.75) is 33.1 Å². The van der Waals surface area contributed by atoms with Crippen molar-refractivity contribution >= 4 is 10.0 Å². The van der Waals surface area contributed by atoms with E-state index in [0.29, 0.717) is 0 Å². The molecule has 0 bridgehead atoms. The van der Waals surface area contributed by atoms with Gasteiger partial charge in [0.1, 0.15) is 0 Å². The summed E-state index contributed by atoms with van der Waals surface area (Å²) in [5.74, 6) is 0. The molecule has 0 heterocycles. The van der Waals surface area contributed by atoms with Crippen LogP contribution in [0.4, 0.5) is 0 Å². The summed E-state index contributed by atoms with van der Waals surface area (Å²) in [6.45, 7) is 5.91. The van der Waals surface area contributed by atoms with Crippen LogP contribution >= 0.6 is 0 Å². The molecule has 0 saturated carbocycles. The van der Waals surface area contributed by atoms with Crippen LogP contribution in [-0.2, 0) is 8.85 Å². The molecule has 10 heavy (non-hydrogen) atoms. The second-order valence-electron chi connectivity index (χ2n) is 2.23. The van der Waals surface area contributed by atoms with Crippen LogP contribution in [0.5, 0.6) is 0 Å². The Morgan fingerprint density at radius 2 is 1.90 bits per heavy atom. The molecule has 0 atom stereocenters. The molecule has 0 rings (SSSR count). The second-order valence-corrected chi connectivity index (χ2v) is 3.28. The topological polar surface area (TPSA) is 18.5 Å². The second kappa shape index (κ2) is 9.14. The first-order chi connectivity index (χ1) is 4.91. The lowest BCUT2D eigenvalue weighted by atomic mass is 10.3. The third-order valence-electron chi connectivity index (χ3n) is 1.26. The van der Waals surface area contributed by atoms with Gasteiger partial charge in [-0.15, -0.1) is 0 Å². The molecule has 0 fully saturated rings. The van der Waals surface area contributed by atoms with Gasteiger partial charge in [0.05, 0.1) is 0 Å². The Balaban J connectivity index is 2.65. The van der Waals surface area contributed by atoms with Gasteiger partial charge in [0, 0.05) is 13.2 Å². The third-order valence-corrected chi connectivity index (χ3v) is 2.29. The fraction of sp³-hybridized carbons (Fsp3) is 1.00. The summed E-state index contributed by atoms with van der Waals surface area (Å²) in [6.07, 6.45) is 3.73. The van der Waals surface area contributed by atoms with Crippen molar-refractivity contribution in [3.05, 3.63) is 0 Å². The maximum absolute atomic E-state index is 5.29. The van der Waals surface area contributed by atoms with Crippen LogP contribution in [0, 0.1) is 0 Å². The van der Waals surface area contributed by atoms with Crippen LogP contribution in [-0.4, -0.2) is 23.2 Å². The molecule has 0 aliphatic rings. The summed E-state index contributed by atoms with van der Waals surface area (Å²) in [5.41, 5.74) is 0. The van der Waals surface area contributed by atoms with Crippen molar-refractivity contribution in [3.8, 4) is 0 Å². The van der Waals surface area contributed by atoms with Gasteiger partial charge < -0.3 is 8.85 Å². The summed E-state index contributed by atoms with van der Waals surface area (Å²) in [6, 6.07) is 0. The quantitative estimate of drug-likeness (QED) is 0.414. The molecule has 0 aromatic carbocycles. The summed E-state index contributed by atoms with van der Waals surface area (Å²) in [4.78, 5) is 0. The minimum absolute atomic E-state index is 0.617. The Morgan fingerprint density at radius 3 is 2.50 bits per heavy atom. The van der Waals surface area contributed by atoms with Crippen LogP contribution in [0.15, 0.2) is 0 Å². The largest absolute Gasteiger partial charge is 0.399 e. The fourth-order valence-corrected chi connectivity index (χ4v) is 1.26. The van der Waals surface area contributed by atoms with E-state index < -0.39 is 10.0 Å². The van der Waals surface area contributed by atoms with Gasteiger partial charge >= 0.3 is 10.0 Å². The highest BCUT2D eigenvalue weighted by Gasteiger charge is 1.87. The molecule has 0 aromatic rings. The van der Waals surface area contributed by atoms with E-state index in [4.69, 9.17) is 8.85 Å². The molecule has 0 radical (unpaired) electrons. The van der Waals surface area contributed by atoms with Gasteiger partial charge in [0.15, 0.2) is 0 Å². The molecule has 0 aromatic heterocycles. The lowest BCUT2D eigenvalue weighted by Crippen LogP contribution is -2.05. The van der Waals surface area contributed by atoms with Crippen molar-refractivity contribution < 1.29 is 8.85 Å². The van der Waals surface area contributed by atoms with Gasteiger partial charge in [0.25, 0.3) is 0 Å². The normalized spacial score (nSPS) is 11.4. The van der Waals surface area contributed by atoms with Gasteiger partial charge in [-0.25, -0.2) is 0 Å². The van der Waals surface area contributed by atoms with Crippen molar-refractivity contribution in [2.75, 3.05) is 13.2 Å². The summed E-state index contributed by atoms with van der Waals surface area (Å²) >= 11 is 0. The van der Waals surface area contributed by atoms with Crippen LogP contribution in [0.2, 0.25) is 0 Å². The molecular formula is C7H18O2Si. The highest BCUT2D eigenvalue weighted by atomic mass is 28.3. The van der Waals surface area contributed by atoms with Gasteiger partial charge in [-0.1, -0.05) is 19.8 Å². The number of hydrogen-bond acceptors (Lipinski definition) is 2. The molecule has 62 valence electrons. The van der Waals surface area contributed by atoms with E-state index in [2.05, 4.69) is 6.92 Å². The van der Waals surface area contributed by atoms with Crippen LogP contribution in [0.25, 0.3) is 0 Å². The van der Waals surface area contributed by atoms with E-state index in [9.17, 15) is 0 Å². The summed E-state index contributed by atoms with van der Waals surface area (Å²) < 4.78 is 10.4. The Labute approximate surface area is 66.0 Å². The van der Waals surface area contributed by atoms with Gasteiger partial charge in [-0.3, -0.25) is 0 Å². The zero-order valence-corrected chi connectivity index (χ0v) is 8.47. The molecule has 3 heteroatoms.